The van der Waals surface area contributed by atoms with E-state index in [0.717, 1.165) is 126 Å². The van der Waals surface area contributed by atoms with Crippen LogP contribution in [0.3, 0.4) is 0 Å². The van der Waals surface area contributed by atoms with Crippen LogP contribution in [0.4, 0.5) is 23.3 Å². The second-order valence-corrected chi connectivity index (χ2v) is 28.3. The summed E-state index contributed by atoms with van der Waals surface area (Å²) < 4.78 is 10.5. The lowest BCUT2D eigenvalue weighted by Crippen LogP contribution is -2.45. The second-order valence-electron chi connectivity index (χ2n) is 27.2. The molecule has 10 heterocycles. The third-order valence-electron chi connectivity index (χ3n) is 21.7. The fourth-order valence-corrected chi connectivity index (χ4v) is 16.9. The number of nitrogens with two attached hydrogens (primary N) is 3. The zero-order valence-corrected chi connectivity index (χ0v) is 59.3. The molecule has 0 unspecified atom stereocenters. The van der Waals surface area contributed by atoms with Crippen molar-refractivity contribution in [3.63, 3.8) is 0 Å². The van der Waals surface area contributed by atoms with Gasteiger partial charge < -0.3 is 61.5 Å². The lowest BCUT2D eigenvalue weighted by atomic mass is 9.73. The standard InChI is InChI=1S/C25H29ClN6O2.C25H25ClN6O.C25H28ClN5O2/c1-14-10-17-18(29-12-14)11-25(22(17)27)5-8-32(9-6-25)23-19(13-33)31-21(15(2)30-23)16-4-7-28-24(34-3)20(16)26;1-15-21(18-7-10-29-23(28-2)20(18)26)31-19(14-33)24(30-15)32-11-8-25(9-12-32)13-16-5-3-4-6-17(16)22(25)27;1-15-21(18-7-10-28-24(33-2)20(18)26)30-19(14-32)23(29-15)31-11-8-25(9-12-31)13-16-5-3-4-6-17(16)22(25)27/h4,7,10,12,22,33H,5-6,8-9,11,13,27H2,1-3H3;3-7,10,22,33H,8-9,11-14,27H2,1H3;3-7,10,22,32H,8-9,11-14,27H2,1-2H3/t3*22-/m111/s1. The first-order valence-corrected chi connectivity index (χ1v) is 34.9. The Morgan fingerprint density at radius 1 is 0.490 bits per heavy atom. The number of pyridine rings is 4. The summed E-state index contributed by atoms with van der Waals surface area (Å²) in [5.74, 6) is 2.94. The van der Waals surface area contributed by atoms with E-state index in [9.17, 15) is 15.3 Å². The number of aryl methyl sites for hydroxylation is 4. The Hall–Kier alpha value is -8.60. The number of ether oxygens (including phenoxy) is 2. The van der Waals surface area contributed by atoms with Crippen molar-refractivity contribution in [2.24, 2.45) is 33.4 Å². The number of hydrogen-bond acceptors (Lipinski definition) is 21. The normalized spacial score (nSPS) is 18.9. The van der Waals surface area contributed by atoms with Gasteiger partial charge in [0.15, 0.2) is 17.5 Å². The molecule has 0 bridgehead atoms. The van der Waals surface area contributed by atoms with Gasteiger partial charge in [-0.1, -0.05) is 96.0 Å². The van der Waals surface area contributed by atoms with Crippen molar-refractivity contribution >= 4 is 58.1 Å². The van der Waals surface area contributed by atoms with E-state index in [1.807, 2.05) is 27.0 Å². The summed E-state index contributed by atoms with van der Waals surface area (Å²) in [6.07, 6.45) is 15.4. The van der Waals surface area contributed by atoms with Gasteiger partial charge in [-0.25, -0.2) is 39.9 Å². The van der Waals surface area contributed by atoms with Gasteiger partial charge in [0, 0.05) is 98.4 Å². The van der Waals surface area contributed by atoms with Crippen molar-refractivity contribution in [3.8, 4) is 45.5 Å². The molecule has 2 aromatic carbocycles. The van der Waals surface area contributed by atoms with E-state index in [1.54, 1.807) is 30.6 Å². The van der Waals surface area contributed by atoms with Crippen molar-refractivity contribution in [3.05, 3.63) is 197 Å². The molecule has 3 fully saturated rings. The molecule has 25 heteroatoms. The number of aliphatic hydroxyl groups is 3. The molecule has 9 N–H and O–H groups in total. The molecule has 518 valence electrons. The molecule has 3 atom stereocenters. The van der Waals surface area contributed by atoms with Crippen LogP contribution in [0.15, 0.2) is 97.6 Å². The molecule has 6 aliphatic rings. The predicted molar refractivity (Wildman–Crippen MR) is 388 cm³/mol. The Labute approximate surface area is 597 Å². The van der Waals surface area contributed by atoms with Crippen LogP contribution in [0.1, 0.15) is 130 Å². The Balaban J connectivity index is 0.000000134. The maximum Gasteiger partial charge on any atom is 0.288 e. The number of anilines is 3. The highest BCUT2D eigenvalue weighted by atomic mass is 35.5. The van der Waals surface area contributed by atoms with Crippen LogP contribution in [-0.2, 0) is 39.1 Å². The number of fused-ring (bicyclic) bond motifs is 3. The molecule has 3 aliphatic heterocycles. The smallest absolute Gasteiger partial charge is 0.288 e. The molecule has 15 rings (SSSR count). The highest BCUT2D eigenvalue weighted by Gasteiger charge is 2.49. The average molecular weight is 1410 g/mol. The topological polar surface area (TPSA) is 300 Å². The van der Waals surface area contributed by atoms with Crippen molar-refractivity contribution < 1.29 is 24.8 Å². The quantitative estimate of drug-likeness (QED) is 0.0656. The zero-order valence-electron chi connectivity index (χ0n) is 57.0. The summed E-state index contributed by atoms with van der Waals surface area (Å²) >= 11 is 19.4. The predicted octanol–water partition coefficient (Wildman–Crippen LogP) is 11.8. The van der Waals surface area contributed by atoms with Crippen LogP contribution in [0, 0.1) is 50.5 Å². The number of benzene rings is 2. The van der Waals surface area contributed by atoms with Crippen LogP contribution in [0.5, 0.6) is 11.8 Å². The van der Waals surface area contributed by atoms with Gasteiger partial charge >= 0.3 is 0 Å². The summed E-state index contributed by atoms with van der Waals surface area (Å²) in [6.45, 7) is 19.2. The minimum Gasteiger partial charge on any atom is -0.480 e. The van der Waals surface area contributed by atoms with Crippen molar-refractivity contribution in [2.75, 3.05) is 68.2 Å². The first-order chi connectivity index (χ1) is 48.3. The molecule has 22 nitrogen and oxygen atoms in total. The summed E-state index contributed by atoms with van der Waals surface area (Å²) in [5.41, 5.74) is 36.6. The molecule has 0 saturated carbocycles. The molecule has 100 heavy (non-hydrogen) atoms. The van der Waals surface area contributed by atoms with Crippen LogP contribution in [0.25, 0.3) is 38.6 Å². The van der Waals surface area contributed by atoms with Crippen LogP contribution in [0.2, 0.25) is 15.1 Å². The number of hydrogen-bond donors (Lipinski definition) is 6. The minimum absolute atomic E-state index is 0.00614. The lowest BCUT2D eigenvalue weighted by molar-refractivity contribution is 0.186. The molecule has 3 aliphatic carbocycles. The molecule has 3 spiro atoms. The van der Waals surface area contributed by atoms with Gasteiger partial charge in [-0.15, -0.1) is 4.98 Å². The SMILES string of the molecule is COc1nccc(-c2nc(CO)c(N3CCC4(CC3)Cc3ccccc3[C@H]4N)nc2C)c1Cl.COc1nccc(-c2nc(CO)c(N3CCC4(CC3)Cc3ncc(C)cc3[C@H]4N)nc2C)c1Cl.[C-]#[N+]c1nccc(-c2nc(CO)c(N3CCC4(CC3)Cc3ccccc3[C@H]4N)nc2C)c1Cl. The molecule has 7 aromatic heterocycles. The largest absolute Gasteiger partial charge is 0.480 e. The summed E-state index contributed by atoms with van der Waals surface area (Å²) in [6, 6.07) is 24.6. The molecular weight excluding hydrogens is 1330 g/mol. The average Bonchev–Trinajstić information content (AvgIpc) is 1.57. The van der Waals surface area contributed by atoms with Gasteiger partial charge in [0.1, 0.15) is 33.3 Å². The highest BCUT2D eigenvalue weighted by Crippen LogP contribution is 2.54. The Kier molecular flexibility index (Phi) is 20.1. The maximum atomic E-state index is 10.1. The van der Waals surface area contributed by atoms with Crippen LogP contribution in [-0.4, -0.2) is 119 Å². The number of aliphatic hydroxyl groups excluding tert-OH is 3. The lowest BCUT2D eigenvalue weighted by Gasteiger charge is -2.43. The Morgan fingerprint density at radius 3 is 1.22 bits per heavy atom. The van der Waals surface area contributed by atoms with Crippen molar-refractivity contribution in [1.29, 1.82) is 0 Å². The van der Waals surface area contributed by atoms with Gasteiger partial charge in [0.05, 0.1) is 73.2 Å². The first kappa shape index (κ1) is 69.9. The third-order valence-corrected chi connectivity index (χ3v) is 22.8. The van der Waals surface area contributed by atoms with E-state index in [-0.39, 0.29) is 65.0 Å². The summed E-state index contributed by atoms with van der Waals surface area (Å²) in [4.78, 5) is 55.7. The monoisotopic (exact) mass is 1410 g/mol. The van der Waals surface area contributed by atoms with Gasteiger partial charge in [-0.3, -0.25) is 4.98 Å². The number of rotatable bonds is 11. The minimum atomic E-state index is -0.236. The van der Waals surface area contributed by atoms with Gasteiger partial charge in [-0.2, -0.15) is 0 Å². The second kappa shape index (κ2) is 28.8. The van der Waals surface area contributed by atoms with E-state index >= 15 is 0 Å². The zero-order chi connectivity index (χ0) is 70.4. The first-order valence-electron chi connectivity index (χ1n) is 33.8. The number of piperidine rings is 3. The van der Waals surface area contributed by atoms with E-state index in [4.69, 9.17) is 98.0 Å². The van der Waals surface area contributed by atoms with Crippen LogP contribution < -0.4 is 41.4 Å². The Bertz CT molecular complexity index is 4610. The summed E-state index contributed by atoms with van der Waals surface area (Å²) in [7, 11) is 3.05. The number of halogens is 3. The molecule has 9 aromatic rings. The third kappa shape index (κ3) is 12.8. The molecule has 3 saturated heterocycles. The van der Waals surface area contributed by atoms with E-state index in [1.165, 1.54) is 48.2 Å². The molecule has 0 amide bonds. The van der Waals surface area contributed by atoms with Crippen LogP contribution >= 0.6 is 34.8 Å². The van der Waals surface area contributed by atoms with E-state index < -0.39 is 0 Å². The maximum absolute atomic E-state index is 10.1. The molecular formula is C75H82Cl3N17O5. The number of aromatic nitrogens is 10. The fourth-order valence-electron chi connectivity index (χ4n) is 16.1. The van der Waals surface area contributed by atoms with E-state index in [2.05, 4.69) is 101 Å². The van der Waals surface area contributed by atoms with E-state index in [0.29, 0.717) is 90.0 Å². The highest BCUT2D eigenvalue weighted by molar-refractivity contribution is 6.36. The number of nitrogens with zero attached hydrogens (tertiary/aromatic N) is 14. The van der Waals surface area contributed by atoms with Crippen molar-refractivity contribution in [1.82, 2.24) is 49.8 Å². The Morgan fingerprint density at radius 2 is 0.850 bits per heavy atom. The van der Waals surface area contributed by atoms with Crippen molar-refractivity contribution in [2.45, 2.75) is 123 Å². The van der Waals surface area contributed by atoms with Gasteiger partial charge in [0.25, 0.3) is 5.82 Å². The number of methoxy groups -OCH3 is 2. The van der Waals surface area contributed by atoms with Gasteiger partial charge in [-0.05, 0) is 153 Å². The fraction of sp³-hybridized carbons (Fsp3) is 0.400. The molecule has 0 radical (unpaired) electrons. The van der Waals surface area contributed by atoms with Gasteiger partial charge in [0.2, 0.25) is 11.8 Å². The summed E-state index contributed by atoms with van der Waals surface area (Å²) in [5, 5.41) is 31.4.